The van der Waals surface area contributed by atoms with Gasteiger partial charge in [-0.25, -0.2) is 4.79 Å². The van der Waals surface area contributed by atoms with Crippen LogP contribution in [0, 0.1) is 0 Å². The van der Waals surface area contributed by atoms with E-state index in [-0.39, 0.29) is 11.2 Å². The molecule has 1 aliphatic heterocycles. The number of Topliss-reactive ketones (excluding diaryl/α,β-unsaturated/α-hetero) is 1. The van der Waals surface area contributed by atoms with Crippen molar-refractivity contribution in [1.82, 2.24) is 0 Å². The Morgan fingerprint density at radius 3 is 2.32 bits per heavy atom. The molecular formula is C18H25NO3. The lowest BCUT2D eigenvalue weighted by atomic mass is 9.84. The number of hydrogen-bond donors (Lipinski definition) is 0. The van der Waals surface area contributed by atoms with Gasteiger partial charge in [0.1, 0.15) is 5.60 Å². The second-order valence-electron chi connectivity index (χ2n) is 7.79. The SMILES string of the molecule is CC(C)(C)OC(=O)N1CCC(=O)c2cc(C(C)(C)C)ccc21. The molecule has 0 N–H and O–H groups in total. The van der Waals surface area contributed by atoms with E-state index in [9.17, 15) is 9.59 Å². The number of ketones is 1. The number of amides is 1. The molecule has 0 radical (unpaired) electrons. The number of hydrogen-bond acceptors (Lipinski definition) is 3. The standard InChI is InChI=1S/C18H25NO3/c1-17(2,3)12-7-8-14-13(11-12)15(20)9-10-19(14)16(21)22-18(4,5)6/h7-8,11H,9-10H2,1-6H3. The summed E-state index contributed by atoms with van der Waals surface area (Å²) >= 11 is 0. The summed E-state index contributed by atoms with van der Waals surface area (Å²) in [6.07, 6.45) is -0.0652. The van der Waals surface area contributed by atoms with Crippen LogP contribution in [0.4, 0.5) is 10.5 Å². The Morgan fingerprint density at radius 1 is 1.14 bits per heavy atom. The first-order valence-electron chi connectivity index (χ1n) is 7.67. The van der Waals surface area contributed by atoms with E-state index in [1.807, 2.05) is 39.0 Å². The summed E-state index contributed by atoms with van der Waals surface area (Å²) in [7, 11) is 0. The van der Waals surface area contributed by atoms with Gasteiger partial charge in [-0.2, -0.15) is 0 Å². The Labute approximate surface area is 132 Å². The van der Waals surface area contributed by atoms with Crippen LogP contribution >= 0.6 is 0 Å². The van der Waals surface area contributed by atoms with E-state index in [1.54, 1.807) is 4.90 Å². The molecule has 1 aliphatic rings. The largest absolute Gasteiger partial charge is 0.443 e. The third-order valence-corrected chi connectivity index (χ3v) is 3.63. The van der Waals surface area contributed by atoms with E-state index in [1.165, 1.54) is 0 Å². The van der Waals surface area contributed by atoms with Crippen molar-refractivity contribution >= 4 is 17.6 Å². The molecule has 0 fully saturated rings. The minimum atomic E-state index is -0.552. The fraction of sp³-hybridized carbons (Fsp3) is 0.556. The maximum Gasteiger partial charge on any atom is 0.414 e. The Kier molecular flexibility index (Phi) is 4.07. The second kappa shape index (κ2) is 5.41. The molecule has 4 nitrogen and oxygen atoms in total. The fourth-order valence-corrected chi connectivity index (χ4v) is 2.44. The van der Waals surface area contributed by atoms with E-state index in [2.05, 4.69) is 20.8 Å². The van der Waals surface area contributed by atoms with Gasteiger partial charge in [0.25, 0.3) is 0 Å². The van der Waals surface area contributed by atoms with Crippen LogP contribution in [0.2, 0.25) is 0 Å². The number of carbonyl (C=O) groups is 2. The lowest BCUT2D eigenvalue weighted by molar-refractivity contribution is 0.0577. The fourth-order valence-electron chi connectivity index (χ4n) is 2.44. The van der Waals surface area contributed by atoms with Crippen molar-refractivity contribution in [3.63, 3.8) is 0 Å². The van der Waals surface area contributed by atoms with E-state index in [0.29, 0.717) is 24.2 Å². The Balaban J connectivity index is 2.40. The van der Waals surface area contributed by atoms with E-state index in [0.717, 1.165) is 5.56 Å². The van der Waals surface area contributed by atoms with Gasteiger partial charge in [-0.05, 0) is 43.9 Å². The number of rotatable bonds is 0. The number of anilines is 1. The number of carbonyl (C=O) groups excluding carboxylic acids is 2. The smallest absolute Gasteiger partial charge is 0.414 e. The Morgan fingerprint density at radius 2 is 1.77 bits per heavy atom. The summed E-state index contributed by atoms with van der Waals surface area (Å²) in [5.41, 5.74) is 1.77. The molecule has 4 heteroatoms. The molecular weight excluding hydrogens is 278 g/mol. The van der Waals surface area contributed by atoms with Gasteiger partial charge in [0.15, 0.2) is 5.78 Å². The number of fused-ring (bicyclic) bond motifs is 1. The molecule has 0 unspecified atom stereocenters. The highest BCUT2D eigenvalue weighted by Gasteiger charge is 2.31. The monoisotopic (exact) mass is 303 g/mol. The topological polar surface area (TPSA) is 46.6 Å². The molecule has 1 aromatic rings. The van der Waals surface area contributed by atoms with Crippen molar-refractivity contribution in [2.24, 2.45) is 0 Å². The average molecular weight is 303 g/mol. The van der Waals surface area contributed by atoms with Gasteiger partial charge in [0, 0.05) is 18.5 Å². The van der Waals surface area contributed by atoms with Gasteiger partial charge in [-0.15, -0.1) is 0 Å². The lowest BCUT2D eigenvalue weighted by Gasteiger charge is -2.32. The van der Waals surface area contributed by atoms with Crippen LogP contribution in [0.5, 0.6) is 0 Å². The predicted molar refractivity (Wildman–Crippen MR) is 87.7 cm³/mol. The maximum absolute atomic E-state index is 12.4. The highest BCUT2D eigenvalue weighted by atomic mass is 16.6. The summed E-state index contributed by atoms with van der Waals surface area (Å²) in [4.78, 5) is 26.2. The van der Waals surface area contributed by atoms with Crippen LogP contribution in [0.1, 0.15) is 63.9 Å². The summed E-state index contributed by atoms with van der Waals surface area (Å²) < 4.78 is 5.44. The number of ether oxygens (including phenoxy) is 1. The Hall–Kier alpha value is -1.84. The first kappa shape index (κ1) is 16.5. The molecule has 0 bridgehead atoms. The van der Waals surface area contributed by atoms with Crippen LogP contribution in [-0.2, 0) is 10.2 Å². The molecule has 22 heavy (non-hydrogen) atoms. The van der Waals surface area contributed by atoms with Gasteiger partial charge in [0.05, 0.1) is 5.69 Å². The van der Waals surface area contributed by atoms with Crippen molar-refractivity contribution in [3.05, 3.63) is 29.3 Å². The van der Waals surface area contributed by atoms with Crippen molar-refractivity contribution in [1.29, 1.82) is 0 Å². The number of nitrogens with zero attached hydrogens (tertiary/aromatic N) is 1. The normalized spacial score (nSPS) is 15.5. The highest BCUT2D eigenvalue weighted by molar-refractivity contribution is 6.07. The molecule has 1 aromatic carbocycles. The van der Waals surface area contributed by atoms with Gasteiger partial charge >= 0.3 is 6.09 Å². The van der Waals surface area contributed by atoms with Crippen LogP contribution in [0.25, 0.3) is 0 Å². The molecule has 1 heterocycles. The van der Waals surface area contributed by atoms with Crippen LogP contribution in [0.15, 0.2) is 18.2 Å². The van der Waals surface area contributed by atoms with Crippen molar-refractivity contribution in [2.75, 3.05) is 11.4 Å². The van der Waals surface area contributed by atoms with Gasteiger partial charge in [-0.1, -0.05) is 26.8 Å². The number of benzene rings is 1. The summed E-state index contributed by atoms with van der Waals surface area (Å²) in [6, 6.07) is 5.75. The molecule has 0 aliphatic carbocycles. The molecule has 2 rings (SSSR count). The minimum Gasteiger partial charge on any atom is -0.443 e. The molecule has 1 amide bonds. The molecule has 0 atom stereocenters. The van der Waals surface area contributed by atoms with Gasteiger partial charge in [0.2, 0.25) is 0 Å². The maximum atomic E-state index is 12.4. The zero-order valence-corrected chi connectivity index (χ0v) is 14.3. The Bertz CT molecular complexity index is 606. The van der Waals surface area contributed by atoms with Crippen LogP contribution < -0.4 is 4.90 Å². The minimum absolute atomic E-state index is 0.0382. The van der Waals surface area contributed by atoms with Crippen molar-refractivity contribution < 1.29 is 14.3 Å². The summed E-state index contributed by atoms with van der Waals surface area (Å²) in [6.45, 7) is 12.2. The highest BCUT2D eigenvalue weighted by Crippen LogP contribution is 2.33. The lowest BCUT2D eigenvalue weighted by Crippen LogP contribution is -2.41. The van der Waals surface area contributed by atoms with E-state index >= 15 is 0 Å². The van der Waals surface area contributed by atoms with Gasteiger partial charge < -0.3 is 4.74 Å². The average Bonchev–Trinajstić information content (AvgIpc) is 2.35. The molecule has 0 saturated heterocycles. The van der Waals surface area contributed by atoms with Crippen LogP contribution in [-0.4, -0.2) is 24.0 Å². The summed E-state index contributed by atoms with van der Waals surface area (Å²) in [5.74, 6) is 0.0842. The molecule has 120 valence electrons. The van der Waals surface area contributed by atoms with E-state index in [4.69, 9.17) is 4.74 Å². The third kappa shape index (κ3) is 3.49. The molecule has 0 spiro atoms. The first-order chi connectivity index (χ1) is 9.99. The van der Waals surface area contributed by atoms with Gasteiger partial charge in [-0.3, -0.25) is 9.69 Å². The summed E-state index contributed by atoms with van der Waals surface area (Å²) in [5, 5.41) is 0. The van der Waals surface area contributed by atoms with E-state index < -0.39 is 11.7 Å². The molecule has 0 saturated carbocycles. The molecule has 0 aromatic heterocycles. The second-order valence-corrected chi connectivity index (χ2v) is 7.79. The van der Waals surface area contributed by atoms with Crippen molar-refractivity contribution in [3.8, 4) is 0 Å². The third-order valence-electron chi connectivity index (χ3n) is 3.63. The van der Waals surface area contributed by atoms with Crippen LogP contribution in [0.3, 0.4) is 0 Å². The zero-order chi connectivity index (χ0) is 16.7. The van der Waals surface area contributed by atoms with Crippen molar-refractivity contribution in [2.45, 2.75) is 59.0 Å². The first-order valence-corrected chi connectivity index (χ1v) is 7.67. The zero-order valence-electron chi connectivity index (χ0n) is 14.3. The predicted octanol–water partition coefficient (Wildman–Crippen LogP) is 4.31. The quantitative estimate of drug-likeness (QED) is 0.717.